The molecule has 4 aromatic rings. The SMILES string of the molecule is COc1ccc2[nH]c3c(=O)n(N=Cc4ccc(O)c(OC)c4)c(C)nc3c2c1. The van der Waals surface area contributed by atoms with Crippen LogP contribution in [0.2, 0.25) is 0 Å². The molecule has 0 unspecified atom stereocenters. The lowest BCUT2D eigenvalue weighted by atomic mass is 10.2. The predicted octanol–water partition coefficient (Wildman–Crippen LogP) is 2.79. The molecule has 0 aliphatic carbocycles. The highest BCUT2D eigenvalue weighted by molar-refractivity contribution is 6.05. The van der Waals surface area contributed by atoms with E-state index in [1.165, 1.54) is 24.1 Å². The van der Waals surface area contributed by atoms with Gasteiger partial charge in [0.25, 0.3) is 5.56 Å². The van der Waals surface area contributed by atoms with Gasteiger partial charge < -0.3 is 19.6 Å². The van der Waals surface area contributed by atoms with Crippen molar-refractivity contribution < 1.29 is 14.6 Å². The average Bonchev–Trinajstić information content (AvgIpc) is 3.06. The predicted molar refractivity (Wildman–Crippen MR) is 107 cm³/mol. The van der Waals surface area contributed by atoms with E-state index in [-0.39, 0.29) is 11.3 Å². The second-order valence-corrected chi connectivity index (χ2v) is 6.21. The van der Waals surface area contributed by atoms with Gasteiger partial charge in [-0.1, -0.05) is 0 Å². The number of benzene rings is 2. The molecule has 0 saturated heterocycles. The zero-order valence-electron chi connectivity index (χ0n) is 15.6. The topological polar surface area (TPSA) is 102 Å². The maximum absolute atomic E-state index is 13.0. The number of nitrogens with zero attached hydrogens (tertiary/aromatic N) is 3. The number of nitrogens with one attached hydrogen (secondary N) is 1. The molecule has 4 rings (SSSR count). The highest BCUT2D eigenvalue weighted by atomic mass is 16.5. The third kappa shape index (κ3) is 2.84. The molecule has 142 valence electrons. The summed E-state index contributed by atoms with van der Waals surface area (Å²) in [4.78, 5) is 20.6. The van der Waals surface area contributed by atoms with Crippen molar-refractivity contribution in [3.8, 4) is 17.2 Å². The molecule has 0 aliphatic heterocycles. The number of aromatic hydroxyl groups is 1. The first-order chi connectivity index (χ1) is 13.5. The summed E-state index contributed by atoms with van der Waals surface area (Å²) in [6, 6.07) is 10.3. The standard InChI is InChI=1S/C20H18N4O4/c1-11-22-18-14-9-13(27-2)5-6-15(14)23-19(18)20(26)24(11)21-10-12-4-7-16(25)17(8-12)28-3/h4-10,23,25H,1-3H3. The lowest BCUT2D eigenvalue weighted by Gasteiger charge is -2.05. The Morgan fingerprint density at radius 2 is 2.00 bits per heavy atom. The number of phenolic OH excluding ortho intramolecular Hbond substituents is 1. The van der Waals surface area contributed by atoms with Crippen LogP contribution in [0.5, 0.6) is 17.2 Å². The van der Waals surface area contributed by atoms with E-state index >= 15 is 0 Å². The van der Waals surface area contributed by atoms with Crippen molar-refractivity contribution in [2.45, 2.75) is 6.92 Å². The molecule has 0 spiro atoms. The van der Waals surface area contributed by atoms with E-state index in [1.54, 1.807) is 26.2 Å². The Morgan fingerprint density at radius 1 is 1.18 bits per heavy atom. The molecule has 8 heteroatoms. The summed E-state index contributed by atoms with van der Waals surface area (Å²) in [5.41, 5.74) is 2.11. The molecule has 2 heterocycles. The van der Waals surface area contributed by atoms with Crippen molar-refractivity contribution in [2.24, 2.45) is 5.10 Å². The number of aromatic amines is 1. The number of H-pyrrole nitrogens is 1. The number of ether oxygens (including phenoxy) is 2. The Bertz CT molecular complexity index is 1290. The highest BCUT2D eigenvalue weighted by Crippen LogP contribution is 2.27. The minimum atomic E-state index is -0.306. The quantitative estimate of drug-likeness (QED) is 0.532. The normalized spacial score (nSPS) is 11.5. The van der Waals surface area contributed by atoms with E-state index in [1.807, 2.05) is 18.2 Å². The number of methoxy groups -OCH3 is 2. The van der Waals surface area contributed by atoms with Crippen molar-refractivity contribution >= 4 is 28.2 Å². The van der Waals surface area contributed by atoms with E-state index in [4.69, 9.17) is 9.47 Å². The molecule has 0 radical (unpaired) electrons. The van der Waals surface area contributed by atoms with Crippen LogP contribution in [0.3, 0.4) is 0 Å². The van der Waals surface area contributed by atoms with Gasteiger partial charge in [-0.2, -0.15) is 9.78 Å². The van der Waals surface area contributed by atoms with Crippen LogP contribution in [0.1, 0.15) is 11.4 Å². The van der Waals surface area contributed by atoms with Crippen molar-refractivity contribution in [1.82, 2.24) is 14.6 Å². The molecule has 0 amide bonds. The maximum atomic E-state index is 13.0. The third-order valence-corrected chi connectivity index (χ3v) is 4.49. The number of aryl methyl sites for hydroxylation is 1. The van der Waals surface area contributed by atoms with Crippen molar-refractivity contribution in [2.75, 3.05) is 14.2 Å². The second kappa shape index (κ2) is 6.73. The molecular formula is C20H18N4O4. The number of rotatable bonds is 4. The fourth-order valence-corrected chi connectivity index (χ4v) is 3.05. The molecule has 0 atom stereocenters. The molecule has 0 bridgehead atoms. The van der Waals surface area contributed by atoms with E-state index in [2.05, 4.69) is 15.1 Å². The van der Waals surface area contributed by atoms with Crippen LogP contribution in [0, 0.1) is 6.92 Å². The molecule has 8 nitrogen and oxygen atoms in total. The molecule has 0 saturated carbocycles. The zero-order valence-corrected chi connectivity index (χ0v) is 15.6. The average molecular weight is 378 g/mol. The zero-order chi connectivity index (χ0) is 19.8. The molecule has 2 aromatic heterocycles. The van der Waals surface area contributed by atoms with Crippen LogP contribution < -0.4 is 15.0 Å². The summed E-state index contributed by atoms with van der Waals surface area (Å²) in [7, 11) is 3.06. The van der Waals surface area contributed by atoms with Crippen LogP contribution in [-0.2, 0) is 0 Å². The Labute approximate surface area is 159 Å². The number of fused-ring (bicyclic) bond motifs is 3. The Morgan fingerprint density at radius 3 is 2.75 bits per heavy atom. The van der Waals surface area contributed by atoms with E-state index in [9.17, 15) is 9.90 Å². The summed E-state index contributed by atoms with van der Waals surface area (Å²) in [6.45, 7) is 1.72. The van der Waals surface area contributed by atoms with Gasteiger partial charge in [-0.15, -0.1) is 0 Å². The number of aromatic nitrogens is 3. The summed E-state index contributed by atoms with van der Waals surface area (Å²) < 4.78 is 11.6. The number of phenols is 1. The lowest BCUT2D eigenvalue weighted by Crippen LogP contribution is -2.20. The summed E-state index contributed by atoms with van der Waals surface area (Å²) >= 11 is 0. The van der Waals surface area contributed by atoms with Gasteiger partial charge in [0, 0.05) is 10.9 Å². The summed E-state index contributed by atoms with van der Waals surface area (Å²) in [6.07, 6.45) is 1.51. The smallest absolute Gasteiger partial charge is 0.298 e. The molecule has 0 aliphatic rings. The van der Waals surface area contributed by atoms with Gasteiger partial charge >= 0.3 is 0 Å². The maximum Gasteiger partial charge on any atom is 0.298 e. The Hall–Kier alpha value is -3.81. The van der Waals surface area contributed by atoms with E-state index < -0.39 is 0 Å². The van der Waals surface area contributed by atoms with Crippen LogP contribution >= 0.6 is 0 Å². The largest absolute Gasteiger partial charge is 0.504 e. The molecule has 0 fully saturated rings. The second-order valence-electron chi connectivity index (χ2n) is 6.21. The van der Waals surface area contributed by atoms with Gasteiger partial charge in [-0.3, -0.25) is 4.79 Å². The van der Waals surface area contributed by atoms with Gasteiger partial charge in [0.1, 0.15) is 22.6 Å². The van der Waals surface area contributed by atoms with E-state index in [0.717, 1.165) is 10.9 Å². The first-order valence-electron chi connectivity index (χ1n) is 8.52. The van der Waals surface area contributed by atoms with Gasteiger partial charge in [0.15, 0.2) is 11.5 Å². The van der Waals surface area contributed by atoms with Crippen molar-refractivity contribution in [1.29, 1.82) is 0 Å². The van der Waals surface area contributed by atoms with Gasteiger partial charge in [-0.25, -0.2) is 4.98 Å². The Kier molecular flexibility index (Phi) is 4.23. The van der Waals surface area contributed by atoms with Gasteiger partial charge in [0.05, 0.1) is 20.4 Å². The molecular weight excluding hydrogens is 360 g/mol. The molecule has 2 aromatic carbocycles. The number of hydrogen-bond acceptors (Lipinski definition) is 6. The van der Waals surface area contributed by atoms with Crippen LogP contribution in [-0.4, -0.2) is 40.2 Å². The van der Waals surface area contributed by atoms with Gasteiger partial charge in [0.2, 0.25) is 0 Å². The highest BCUT2D eigenvalue weighted by Gasteiger charge is 2.14. The van der Waals surface area contributed by atoms with Gasteiger partial charge in [-0.05, 0) is 48.9 Å². The van der Waals surface area contributed by atoms with E-state index in [0.29, 0.717) is 33.9 Å². The first-order valence-corrected chi connectivity index (χ1v) is 8.52. The minimum Gasteiger partial charge on any atom is -0.504 e. The van der Waals surface area contributed by atoms with Crippen LogP contribution in [0.15, 0.2) is 46.3 Å². The first kappa shape index (κ1) is 17.6. The minimum absolute atomic E-state index is 0.0320. The van der Waals surface area contributed by atoms with Crippen molar-refractivity contribution in [3.05, 3.63) is 58.1 Å². The fourth-order valence-electron chi connectivity index (χ4n) is 3.05. The van der Waals surface area contributed by atoms with Crippen LogP contribution in [0.25, 0.3) is 21.9 Å². The van der Waals surface area contributed by atoms with Crippen LogP contribution in [0.4, 0.5) is 0 Å². The monoisotopic (exact) mass is 378 g/mol. The lowest BCUT2D eigenvalue weighted by molar-refractivity contribution is 0.373. The fraction of sp³-hybridized carbons (Fsp3) is 0.150. The summed E-state index contributed by atoms with van der Waals surface area (Å²) in [5.74, 6) is 1.50. The summed E-state index contributed by atoms with van der Waals surface area (Å²) in [5, 5.41) is 14.8. The van der Waals surface area contributed by atoms with Crippen molar-refractivity contribution in [3.63, 3.8) is 0 Å². The number of hydrogen-bond donors (Lipinski definition) is 2. The third-order valence-electron chi connectivity index (χ3n) is 4.49. The molecule has 28 heavy (non-hydrogen) atoms. The Balaban J connectivity index is 1.84. The molecule has 2 N–H and O–H groups in total.